The minimum Gasteiger partial charge on any atom is -0.337 e. The second-order valence-corrected chi connectivity index (χ2v) is 7.92. The molecule has 0 unspecified atom stereocenters. The molecular weight excluding hydrogens is 288 g/mol. The molecule has 1 amide bonds. The van der Waals surface area contributed by atoms with Gasteiger partial charge >= 0.3 is 0 Å². The van der Waals surface area contributed by atoms with Crippen molar-refractivity contribution in [3.63, 3.8) is 0 Å². The molecule has 2 saturated heterocycles. The van der Waals surface area contributed by atoms with E-state index in [4.69, 9.17) is 0 Å². The van der Waals surface area contributed by atoms with Crippen molar-refractivity contribution in [2.75, 3.05) is 19.3 Å². The first-order valence-electron chi connectivity index (χ1n) is 7.24. The lowest BCUT2D eigenvalue weighted by Gasteiger charge is -2.45. The van der Waals surface area contributed by atoms with Gasteiger partial charge in [-0.15, -0.1) is 0 Å². The molecule has 2 atom stereocenters. The third-order valence-corrected chi connectivity index (χ3v) is 5.67. The fraction of sp³-hybridized carbons (Fsp3) is 0.533. The van der Waals surface area contributed by atoms with Gasteiger partial charge in [0.05, 0.1) is 6.26 Å². The van der Waals surface area contributed by atoms with Crippen LogP contribution in [0.4, 0.5) is 0 Å². The standard InChI is InChI=1S/C15H20N2O3S/c1-21(19,20)17-8-7-13-9-14(17)15(18)16(11-13)10-12-5-3-2-4-6-12/h2-6,13-14H,7-11H2,1H3/t13-,14+/m0/s1. The molecule has 114 valence electrons. The Morgan fingerprint density at radius 2 is 1.95 bits per heavy atom. The molecule has 2 aliphatic heterocycles. The van der Waals surface area contributed by atoms with Crippen molar-refractivity contribution >= 4 is 15.9 Å². The van der Waals surface area contributed by atoms with Crippen LogP contribution < -0.4 is 0 Å². The molecule has 2 fully saturated rings. The Labute approximate surface area is 125 Å². The summed E-state index contributed by atoms with van der Waals surface area (Å²) in [6, 6.07) is 9.33. The highest BCUT2D eigenvalue weighted by atomic mass is 32.2. The zero-order chi connectivity index (χ0) is 15.0. The minimum atomic E-state index is -3.32. The second-order valence-electron chi connectivity index (χ2n) is 5.98. The molecule has 0 saturated carbocycles. The molecule has 0 aliphatic carbocycles. The third-order valence-electron chi connectivity index (χ3n) is 4.38. The molecular formula is C15H20N2O3S. The van der Waals surface area contributed by atoms with E-state index in [-0.39, 0.29) is 5.91 Å². The summed E-state index contributed by atoms with van der Waals surface area (Å²) < 4.78 is 25.1. The smallest absolute Gasteiger partial charge is 0.241 e. The number of carbonyl (C=O) groups is 1. The molecule has 2 aliphatic rings. The highest BCUT2D eigenvalue weighted by Gasteiger charge is 2.44. The summed E-state index contributed by atoms with van der Waals surface area (Å²) in [5.41, 5.74) is 1.08. The predicted octanol–water partition coefficient (Wildman–Crippen LogP) is 1.07. The van der Waals surface area contributed by atoms with Crippen molar-refractivity contribution in [1.29, 1.82) is 0 Å². The Hall–Kier alpha value is -1.40. The summed E-state index contributed by atoms with van der Waals surface area (Å²) in [5.74, 6) is 0.356. The molecule has 0 aromatic heterocycles. The zero-order valence-corrected chi connectivity index (χ0v) is 12.9. The Balaban J connectivity index is 1.81. The van der Waals surface area contributed by atoms with Gasteiger partial charge in [-0.3, -0.25) is 4.79 Å². The Morgan fingerprint density at radius 1 is 1.24 bits per heavy atom. The van der Waals surface area contributed by atoms with E-state index in [0.29, 0.717) is 25.4 Å². The van der Waals surface area contributed by atoms with Crippen LogP contribution in [0, 0.1) is 5.92 Å². The number of piperidine rings is 2. The van der Waals surface area contributed by atoms with Gasteiger partial charge in [-0.1, -0.05) is 30.3 Å². The van der Waals surface area contributed by atoms with Gasteiger partial charge in [0, 0.05) is 19.6 Å². The number of nitrogens with zero attached hydrogens (tertiary/aromatic N) is 2. The van der Waals surface area contributed by atoms with Gasteiger partial charge in [-0.05, 0) is 24.3 Å². The first kappa shape index (κ1) is 14.5. The van der Waals surface area contributed by atoms with E-state index in [1.165, 1.54) is 10.6 Å². The fourth-order valence-corrected chi connectivity index (χ4v) is 4.44. The van der Waals surface area contributed by atoms with Crippen LogP contribution in [0.25, 0.3) is 0 Å². The van der Waals surface area contributed by atoms with Crippen molar-refractivity contribution in [3.8, 4) is 0 Å². The van der Waals surface area contributed by atoms with E-state index in [1.807, 2.05) is 35.2 Å². The van der Waals surface area contributed by atoms with Crippen LogP contribution in [0.5, 0.6) is 0 Å². The first-order chi connectivity index (χ1) is 9.95. The predicted molar refractivity (Wildman–Crippen MR) is 79.9 cm³/mol. The maximum Gasteiger partial charge on any atom is 0.241 e. The number of hydrogen-bond donors (Lipinski definition) is 0. The van der Waals surface area contributed by atoms with Crippen molar-refractivity contribution in [2.45, 2.75) is 25.4 Å². The van der Waals surface area contributed by atoms with Crippen LogP contribution in [0.2, 0.25) is 0 Å². The number of rotatable bonds is 3. The lowest BCUT2D eigenvalue weighted by atomic mass is 9.87. The van der Waals surface area contributed by atoms with Crippen LogP contribution in [0.3, 0.4) is 0 Å². The third kappa shape index (κ3) is 2.96. The first-order valence-corrected chi connectivity index (χ1v) is 9.09. The van der Waals surface area contributed by atoms with E-state index in [0.717, 1.165) is 18.5 Å². The van der Waals surface area contributed by atoms with Crippen LogP contribution >= 0.6 is 0 Å². The largest absolute Gasteiger partial charge is 0.337 e. The van der Waals surface area contributed by atoms with Crippen molar-refractivity contribution in [1.82, 2.24) is 9.21 Å². The number of fused-ring (bicyclic) bond motifs is 2. The van der Waals surface area contributed by atoms with Crippen LogP contribution in [-0.4, -0.2) is 48.9 Å². The van der Waals surface area contributed by atoms with Gasteiger partial charge < -0.3 is 4.90 Å². The average Bonchev–Trinajstić information content (AvgIpc) is 2.44. The normalized spacial score (nSPS) is 26.9. The molecule has 6 heteroatoms. The summed E-state index contributed by atoms with van der Waals surface area (Å²) in [6.45, 7) is 1.77. The topological polar surface area (TPSA) is 57.7 Å². The number of sulfonamides is 1. The van der Waals surface area contributed by atoms with Gasteiger partial charge in [0.15, 0.2) is 0 Å². The highest BCUT2D eigenvalue weighted by Crippen LogP contribution is 2.32. The molecule has 1 aromatic carbocycles. The van der Waals surface area contributed by atoms with Gasteiger partial charge in [-0.25, -0.2) is 8.42 Å². The van der Waals surface area contributed by atoms with E-state index in [2.05, 4.69) is 0 Å². The average molecular weight is 308 g/mol. The van der Waals surface area contributed by atoms with Crippen LogP contribution in [0.1, 0.15) is 18.4 Å². The zero-order valence-electron chi connectivity index (χ0n) is 12.1. The summed E-state index contributed by atoms with van der Waals surface area (Å²) >= 11 is 0. The Kier molecular flexibility index (Phi) is 3.75. The Morgan fingerprint density at radius 3 is 2.62 bits per heavy atom. The SMILES string of the molecule is CS(=O)(=O)N1CC[C@H]2C[C@@H]1C(=O)N(Cc1ccccc1)C2. The number of hydrogen-bond acceptors (Lipinski definition) is 3. The fourth-order valence-electron chi connectivity index (χ4n) is 3.36. The number of amides is 1. The summed E-state index contributed by atoms with van der Waals surface area (Å²) in [7, 11) is -3.32. The molecule has 0 N–H and O–H groups in total. The monoisotopic (exact) mass is 308 g/mol. The second kappa shape index (κ2) is 5.42. The Bertz CT molecular complexity index is 630. The minimum absolute atomic E-state index is 0.0553. The molecule has 3 rings (SSSR count). The van der Waals surface area contributed by atoms with Gasteiger partial charge in [0.2, 0.25) is 15.9 Å². The molecule has 0 spiro atoms. The lowest BCUT2D eigenvalue weighted by molar-refractivity contribution is -0.143. The summed E-state index contributed by atoms with van der Waals surface area (Å²) in [4.78, 5) is 14.4. The van der Waals surface area contributed by atoms with Crippen molar-refractivity contribution in [3.05, 3.63) is 35.9 Å². The van der Waals surface area contributed by atoms with Gasteiger partial charge in [0.25, 0.3) is 0 Å². The molecule has 0 radical (unpaired) electrons. The maximum atomic E-state index is 12.6. The van der Waals surface area contributed by atoms with Crippen LogP contribution in [-0.2, 0) is 21.4 Å². The molecule has 1 aromatic rings. The van der Waals surface area contributed by atoms with Crippen molar-refractivity contribution in [2.24, 2.45) is 5.92 Å². The van der Waals surface area contributed by atoms with Crippen molar-refractivity contribution < 1.29 is 13.2 Å². The summed E-state index contributed by atoms with van der Waals surface area (Å²) in [5, 5.41) is 0. The molecule has 5 nitrogen and oxygen atoms in total. The number of likely N-dealkylation sites (tertiary alicyclic amines) is 1. The highest BCUT2D eigenvalue weighted by molar-refractivity contribution is 7.88. The molecule has 2 bridgehead atoms. The number of carbonyl (C=O) groups excluding carboxylic acids is 1. The van der Waals surface area contributed by atoms with E-state index >= 15 is 0 Å². The molecule has 21 heavy (non-hydrogen) atoms. The van der Waals surface area contributed by atoms with E-state index in [1.54, 1.807) is 0 Å². The molecule has 2 heterocycles. The maximum absolute atomic E-state index is 12.6. The van der Waals surface area contributed by atoms with Gasteiger partial charge in [-0.2, -0.15) is 4.31 Å². The van der Waals surface area contributed by atoms with E-state index in [9.17, 15) is 13.2 Å². The van der Waals surface area contributed by atoms with Gasteiger partial charge in [0.1, 0.15) is 6.04 Å². The quantitative estimate of drug-likeness (QED) is 0.839. The lowest BCUT2D eigenvalue weighted by Crippen LogP contribution is -2.59. The number of benzene rings is 1. The summed E-state index contributed by atoms with van der Waals surface area (Å²) in [6.07, 6.45) is 2.69. The van der Waals surface area contributed by atoms with E-state index < -0.39 is 16.1 Å². The van der Waals surface area contributed by atoms with Crippen LogP contribution in [0.15, 0.2) is 30.3 Å².